The van der Waals surface area contributed by atoms with Crippen LogP contribution in [-0.2, 0) is 9.53 Å². The fraction of sp³-hybridized carbons (Fsp3) is 0.133. The van der Waals surface area contributed by atoms with Crippen LogP contribution in [0, 0.1) is 0 Å². The molecule has 7 nitrogen and oxygen atoms in total. The molecule has 1 aromatic carbocycles. The van der Waals surface area contributed by atoms with E-state index in [1.54, 1.807) is 30.3 Å². The number of furan rings is 1. The second-order valence-electron chi connectivity index (χ2n) is 4.46. The molecule has 0 fully saturated rings. The predicted octanol–water partition coefficient (Wildman–Crippen LogP) is 2.05. The summed E-state index contributed by atoms with van der Waals surface area (Å²) < 4.78 is 10.3. The van der Waals surface area contributed by atoms with Crippen LogP contribution < -0.4 is 10.9 Å². The topological polar surface area (TPSA) is 97.6 Å². The van der Waals surface area contributed by atoms with E-state index in [1.165, 1.54) is 19.1 Å². The first-order valence-corrected chi connectivity index (χ1v) is 7.38. The molecule has 0 radical (unpaired) electrons. The van der Waals surface area contributed by atoms with Crippen molar-refractivity contribution in [2.45, 2.75) is 13.0 Å². The van der Waals surface area contributed by atoms with Gasteiger partial charge in [-0.1, -0.05) is 18.2 Å². The molecule has 2 N–H and O–H groups in total. The van der Waals surface area contributed by atoms with Crippen molar-refractivity contribution in [1.29, 1.82) is 0 Å². The quantitative estimate of drug-likeness (QED) is 0.624. The van der Waals surface area contributed by atoms with Gasteiger partial charge < -0.3 is 9.15 Å². The minimum Gasteiger partial charge on any atom is -0.447 e. The average molecular weight is 381 g/mol. The number of nitrogens with one attached hydrogen (secondary N) is 2. The molecule has 2 rings (SSSR count). The van der Waals surface area contributed by atoms with Crippen LogP contribution in [0.2, 0.25) is 0 Å². The second kappa shape index (κ2) is 7.59. The standard InChI is InChI=1S/C15H13BrN2O5/c1-9(22-15(21)11-7-8-12(16)23-11)13(19)17-18-14(20)10-5-3-2-4-6-10/h2-9H,1H3,(H,17,19)(H,18,20)/t9-/m0/s1. The first-order chi connectivity index (χ1) is 11.0. The molecule has 8 heteroatoms. The molecule has 23 heavy (non-hydrogen) atoms. The predicted molar refractivity (Wildman–Crippen MR) is 83.3 cm³/mol. The van der Waals surface area contributed by atoms with Gasteiger partial charge in [-0.05, 0) is 47.1 Å². The molecule has 0 aliphatic carbocycles. The molecule has 0 aliphatic rings. The van der Waals surface area contributed by atoms with Crippen LogP contribution in [0.3, 0.4) is 0 Å². The third kappa shape index (κ3) is 4.68. The number of halogens is 1. The zero-order valence-corrected chi connectivity index (χ0v) is 13.6. The third-order valence-corrected chi connectivity index (χ3v) is 3.19. The molecule has 0 bridgehead atoms. The van der Waals surface area contributed by atoms with Gasteiger partial charge in [0.1, 0.15) is 0 Å². The first-order valence-electron chi connectivity index (χ1n) is 6.59. The maximum Gasteiger partial charge on any atom is 0.375 e. The molecule has 1 heterocycles. The van der Waals surface area contributed by atoms with Gasteiger partial charge in [-0.15, -0.1) is 0 Å². The number of esters is 1. The summed E-state index contributed by atoms with van der Waals surface area (Å²) in [5.74, 6) is -1.97. The molecular weight excluding hydrogens is 368 g/mol. The number of ether oxygens (including phenoxy) is 1. The molecule has 2 amide bonds. The summed E-state index contributed by atoms with van der Waals surface area (Å²) in [7, 11) is 0. The third-order valence-electron chi connectivity index (χ3n) is 2.76. The molecule has 1 aromatic heterocycles. The SMILES string of the molecule is C[C@H](OC(=O)c1ccc(Br)o1)C(=O)NNC(=O)c1ccccc1. The molecule has 0 saturated carbocycles. The maximum absolute atomic E-state index is 11.8. The number of hydrogen-bond donors (Lipinski definition) is 2. The van der Waals surface area contributed by atoms with E-state index in [2.05, 4.69) is 26.8 Å². The van der Waals surface area contributed by atoms with Crippen LogP contribution in [0.5, 0.6) is 0 Å². The lowest BCUT2D eigenvalue weighted by molar-refractivity contribution is -0.129. The zero-order chi connectivity index (χ0) is 16.8. The highest BCUT2D eigenvalue weighted by Crippen LogP contribution is 2.15. The zero-order valence-electron chi connectivity index (χ0n) is 12.0. The van der Waals surface area contributed by atoms with Gasteiger partial charge in [-0.2, -0.15) is 0 Å². The van der Waals surface area contributed by atoms with Crippen molar-refractivity contribution in [3.8, 4) is 0 Å². The summed E-state index contributed by atoms with van der Waals surface area (Å²) in [5.41, 5.74) is 4.81. The Bertz CT molecular complexity index is 714. The molecule has 1 atom stereocenters. The highest BCUT2D eigenvalue weighted by molar-refractivity contribution is 9.10. The van der Waals surface area contributed by atoms with Crippen LogP contribution in [0.1, 0.15) is 27.8 Å². The van der Waals surface area contributed by atoms with Crippen molar-refractivity contribution in [1.82, 2.24) is 10.9 Å². The second-order valence-corrected chi connectivity index (χ2v) is 5.24. The molecule has 2 aromatic rings. The molecule has 120 valence electrons. The van der Waals surface area contributed by atoms with E-state index in [1.807, 2.05) is 0 Å². The van der Waals surface area contributed by atoms with Gasteiger partial charge in [0.25, 0.3) is 11.8 Å². The minimum absolute atomic E-state index is 0.0372. The van der Waals surface area contributed by atoms with Gasteiger partial charge in [0, 0.05) is 5.56 Å². The van der Waals surface area contributed by atoms with E-state index in [0.717, 1.165) is 0 Å². The number of hydrogen-bond acceptors (Lipinski definition) is 5. The van der Waals surface area contributed by atoms with Crippen molar-refractivity contribution < 1.29 is 23.5 Å². The van der Waals surface area contributed by atoms with E-state index in [-0.39, 0.29) is 5.76 Å². The number of amides is 2. The number of carbonyl (C=O) groups is 3. The lowest BCUT2D eigenvalue weighted by Crippen LogP contribution is -2.46. The molecular formula is C15H13BrN2O5. The summed E-state index contributed by atoms with van der Waals surface area (Å²) in [4.78, 5) is 35.3. The number of benzene rings is 1. The van der Waals surface area contributed by atoms with Crippen molar-refractivity contribution in [2.24, 2.45) is 0 Å². The maximum atomic E-state index is 11.8. The Morgan fingerprint density at radius 1 is 1.09 bits per heavy atom. The summed E-state index contributed by atoms with van der Waals surface area (Å²) in [6.45, 7) is 1.37. The van der Waals surface area contributed by atoms with Crippen LogP contribution in [0.25, 0.3) is 0 Å². The molecule has 0 aliphatic heterocycles. The van der Waals surface area contributed by atoms with E-state index >= 15 is 0 Å². The van der Waals surface area contributed by atoms with Crippen LogP contribution in [-0.4, -0.2) is 23.9 Å². The number of rotatable bonds is 4. The fourth-order valence-corrected chi connectivity index (χ4v) is 1.88. The normalized spacial score (nSPS) is 11.4. The van der Waals surface area contributed by atoms with Crippen molar-refractivity contribution in [2.75, 3.05) is 0 Å². The minimum atomic E-state index is -1.11. The van der Waals surface area contributed by atoms with Gasteiger partial charge in [0.15, 0.2) is 10.8 Å². The molecule has 0 saturated heterocycles. The fourth-order valence-electron chi connectivity index (χ4n) is 1.58. The van der Waals surface area contributed by atoms with Crippen molar-refractivity contribution in [3.63, 3.8) is 0 Å². The van der Waals surface area contributed by atoms with Gasteiger partial charge >= 0.3 is 5.97 Å². The Hall–Kier alpha value is -2.61. The van der Waals surface area contributed by atoms with Gasteiger partial charge in [-0.3, -0.25) is 20.4 Å². The molecule has 0 spiro atoms. The van der Waals surface area contributed by atoms with Gasteiger partial charge in [0.05, 0.1) is 0 Å². The monoisotopic (exact) mass is 380 g/mol. The number of carbonyl (C=O) groups excluding carboxylic acids is 3. The van der Waals surface area contributed by atoms with E-state index in [0.29, 0.717) is 10.2 Å². The Kier molecular flexibility index (Phi) is 5.53. The number of hydrazine groups is 1. The Balaban J connectivity index is 1.83. The van der Waals surface area contributed by atoms with Crippen molar-refractivity contribution in [3.05, 3.63) is 58.5 Å². The van der Waals surface area contributed by atoms with Crippen LogP contribution >= 0.6 is 15.9 Å². The Morgan fingerprint density at radius 2 is 1.78 bits per heavy atom. The molecule has 0 unspecified atom stereocenters. The Labute approximate surface area is 140 Å². The highest BCUT2D eigenvalue weighted by Gasteiger charge is 2.21. The largest absolute Gasteiger partial charge is 0.447 e. The van der Waals surface area contributed by atoms with E-state index in [4.69, 9.17) is 9.15 Å². The summed E-state index contributed by atoms with van der Waals surface area (Å²) >= 11 is 3.06. The summed E-state index contributed by atoms with van der Waals surface area (Å²) in [6, 6.07) is 11.3. The van der Waals surface area contributed by atoms with Gasteiger partial charge in [-0.25, -0.2) is 4.79 Å². The van der Waals surface area contributed by atoms with E-state index in [9.17, 15) is 14.4 Å². The summed E-state index contributed by atoms with van der Waals surface area (Å²) in [6.07, 6.45) is -1.11. The summed E-state index contributed by atoms with van der Waals surface area (Å²) in [5, 5.41) is 0. The highest BCUT2D eigenvalue weighted by atomic mass is 79.9. The van der Waals surface area contributed by atoms with Crippen LogP contribution in [0.4, 0.5) is 0 Å². The van der Waals surface area contributed by atoms with Crippen molar-refractivity contribution >= 4 is 33.7 Å². The van der Waals surface area contributed by atoms with Gasteiger partial charge in [0.2, 0.25) is 5.76 Å². The average Bonchev–Trinajstić information content (AvgIpc) is 2.99. The Morgan fingerprint density at radius 3 is 2.39 bits per heavy atom. The van der Waals surface area contributed by atoms with E-state index < -0.39 is 23.9 Å². The van der Waals surface area contributed by atoms with Crippen LogP contribution in [0.15, 0.2) is 51.6 Å². The lowest BCUT2D eigenvalue weighted by Gasteiger charge is -2.13. The smallest absolute Gasteiger partial charge is 0.375 e. The first kappa shape index (κ1) is 16.8. The lowest BCUT2D eigenvalue weighted by atomic mass is 10.2.